The van der Waals surface area contributed by atoms with Crippen LogP contribution < -0.4 is 0 Å². The van der Waals surface area contributed by atoms with E-state index in [2.05, 4.69) is 34.0 Å². The van der Waals surface area contributed by atoms with Gasteiger partial charge in [-0.3, -0.25) is 10.00 Å². The summed E-state index contributed by atoms with van der Waals surface area (Å²) in [6.45, 7) is 10.2. The van der Waals surface area contributed by atoms with Crippen LogP contribution in [0.4, 0.5) is 4.79 Å². The standard InChI is InChI=1S/C21H31N5O2S/c1-15-6-8-16(9-7-15)18-22-19(29)26(23-18)14-25-12-10-17(11-13-25)24(5)20(27)28-21(2,3)4/h6-9,17H,10-14H2,1-5H3,(H,22,23,29). The molecule has 1 aromatic heterocycles. The van der Waals surface area contributed by atoms with E-state index < -0.39 is 5.60 Å². The van der Waals surface area contributed by atoms with E-state index in [9.17, 15) is 4.79 Å². The van der Waals surface area contributed by atoms with Crippen molar-refractivity contribution in [2.45, 2.75) is 58.8 Å². The summed E-state index contributed by atoms with van der Waals surface area (Å²) >= 11 is 5.44. The molecule has 0 radical (unpaired) electrons. The Morgan fingerprint density at radius 2 is 1.90 bits per heavy atom. The molecule has 0 bridgehead atoms. The lowest BCUT2D eigenvalue weighted by molar-refractivity contribution is 0.0135. The van der Waals surface area contributed by atoms with E-state index in [1.54, 1.807) is 4.90 Å². The van der Waals surface area contributed by atoms with Crippen LogP contribution in [-0.4, -0.2) is 62.4 Å². The molecule has 0 saturated carbocycles. The number of nitrogens with one attached hydrogen (secondary N) is 1. The van der Waals surface area contributed by atoms with Gasteiger partial charge in [-0.2, -0.15) is 4.98 Å². The highest BCUT2D eigenvalue weighted by molar-refractivity contribution is 7.71. The average Bonchev–Trinajstić information content (AvgIpc) is 3.01. The van der Waals surface area contributed by atoms with Crippen LogP contribution in [0.3, 0.4) is 0 Å². The van der Waals surface area contributed by atoms with Crippen LogP contribution in [0.2, 0.25) is 0 Å². The smallest absolute Gasteiger partial charge is 0.410 e. The molecular weight excluding hydrogens is 386 g/mol. The zero-order valence-electron chi connectivity index (χ0n) is 17.9. The second-order valence-corrected chi connectivity index (χ2v) is 9.10. The summed E-state index contributed by atoms with van der Waals surface area (Å²) in [5, 5.41) is 3.32. The second kappa shape index (κ2) is 8.67. The summed E-state index contributed by atoms with van der Waals surface area (Å²) in [7, 11) is 1.83. The molecule has 2 aromatic rings. The lowest BCUT2D eigenvalue weighted by Crippen LogP contribution is -2.47. The number of ether oxygens (including phenoxy) is 1. The van der Waals surface area contributed by atoms with Gasteiger partial charge in [0.05, 0.1) is 6.67 Å². The number of nitrogens with zero attached hydrogens (tertiary/aromatic N) is 4. The van der Waals surface area contributed by atoms with Gasteiger partial charge >= 0.3 is 6.09 Å². The summed E-state index contributed by atoms with van der Waals surface area (Å²) < 4.78 is 7.94. The molecule has 29 heavy (non-hydrogen) atoms. The van der Waals surface area contributed by atoms with Crippen molar-refractivity contribution in [3.63, 3.8) is 0 Å². The Kier molecular flexibility index (Phi) is 6.43. The number of carbonyl (C=O) groups excluding carboxylic acids is 1. The van der Waals surface area contributed by atoms with Crippen molar-refractivity contribution in [1.82, 2.24) is 24.6 Å². The molecule has 0 atom stereocenters. The van der Waals surface area contributed by atoms with Gasteiger partial charge in [-0.25, -0.2) is 9.48 Å². The number of piperidine rings is 1. The minimum absolute atomic E-state index is 0.193. The van der Waals surface area contributed by atoms with E-state index in [-0.39, 0.29) is 12.1 Å². The second-order valence-electron chi connectivity index (χ2n) is 8.73. The number of rotatable bonds is 4. The van der Waals surface area contributed by atoms with Gasteiger partial charge in [-0.15, -0.1) is 0 Å². The lowest BCUT2D eigenvalue weighted by atomic mass is 10.0. The topological polar surface area (TPSA) is 66.4 Å². The van der Waals surface area contributed by atoms with Crippen molar-refractivity contribution in [1.29, 1.82) is 0 Å². The molecule has 0 spiro atoms. The summed E-state index contributed by atoms with van der Waals surface area (Å²) in [5.74, 6) is 0.787. The maximum absolute atomic E-state index is 12.3. The quantitative estimate of drug-likeness (QED) is 0.755. The molecule has 2 heterocycles. The summed E-state index contributed by atoms with van der Waals surface area (Å²) in [6, 6.07) is 8.42. The van der Waals surface area contributed by atoms with Gasteiger partial charge in [0.15, 0.2) is 5.82 Å². The summed E-state index contributed by atoms with van der Waals surface area (Å²) in [4.78, 5) is 20.9. The molecule has 1 amide bonds. The number of benzene rings is 1. The van der Waals surface area contributed by atoms with Crippen LogP contribution in [0.5, 0.6) is 0 Å². The minimum Gasteiger partial charge on any atom is -0.444 e. The van der Waals surface area contributed by atoms with E-state index in [1.807, 2.05) is 44.6 Å². The van der Waals surface area contributed by atoms with Crippen molar-refractivity contribution in [3.05, 3.63) is 34.6 Å². The van der Waals surface area contributed by atoms with E-state index in [0.29, 0.717) is 11.4 Å². The van der Waals surface area contributed by atoms with Crippen molar-refractivity contribution in [2.24, 2.45) is 0 Å². The van der Waals surface area contributed by atoms with Gasteiger partial charge in [0.1, 0.15) is 5.60 Å². The first-order valence-corrected chi connectivity index (χ1v) is 10.5. The monoisotopic (exact) mass is 417 g/mol. The molecule has 1 aliphatic rings. The Labute approximate surface area is 177 Å². The predicted molar refractivity (Wildman–Crippen MR) is 116 cm³/mol. The van der Waals surface area contributed by atoms with Crippen LogP contribution in [0, 0.1) is 11.7 Å². The number of aromatic amines is 1. The van der Waals surface area contributed by atoms with Crippen LogP contribution in [-0.2, 0) is 11.4 Å². The normalized spacial score (nSPS) is 16.0. The first-order valence-electron chi connectivity index (χ1n) is 10.0. The molecule has 7 nitrogen and oxygen atoms in total. The third-order valence-electron chi connectivity index (χ3n) is 5.13. The van der Waals surface area contributed by atoms with E-state index in [4.69, 9.17) is 17.0 Å². The average molecular weight is 418 g/mol. The fourth-order valence-corrected chi connectivity index (χ4v) is 3.62. The molecule has 1 N–H and O–H groups in total. The fraction of sp³-hybridized carbons (Fsp3) is 0.571. The molecule has 1 aromatic carbocycles. The third kappa shape index (κ3) is 5.67. The Balaban J connectivity index is 1.56. The SMILES string of the molecule is Cc1ccc(-c2nc(=S)n(CN3CCC(N(C)C(=O)OC(C)(C)C)CC3)[nH]2)cc1. The number of aromatic nitrogens is 3. The van der Waals surface area contributed by atoms with Crippen LogP contribution >= 0.6 is 12.2 Å². The third-order valence-corrected chi connectivity index (χ3v) is 5.44. The van der Waals surface area contributed by atoms with Crippen LogP contribution in [0.1, 0.15) is 39.2 Å². The lowest BCUT2D eigenvalue weighted by Gasteiger charge is -2.37. The van der Waals surface area contributed by atoms with Gasteiger partial charge in [0.25, 0.3) is 0 Å². The Morgan fingerprint density at radius 3 is 2.48 bits per heavy atom. The highest BCUT2D eigenvalue weighted by atomic mass is 32.1. The largest absolute Gasteiger partial charge is 0.444 e. The number of aryl methyl sites for hydroxylation is 1. The molecule has 158 valence electrons. The zero-order chi connectivity index (χ0) is 21.2. The number of hydrogen-bond donors (Lipinski definition) is 1. The van der Waals surface area contributed by atoms with Gasteiger partial charge in [0.2, 0.25) is 4.77 Å². The highest BCUT2D eigenvalue weighted by Gasteiger charge is 2.28. The first-order chi connectivity index (χ1) is 13.6. The molecule has 1 fully saturated rings. The van der Waals surface area contributed by atoms with Crippen LogP contribution in [0.15, 0.2) is 24.3 Å². The van der Waals surface area contributed by atoms with E-state index in [0.717, 1.165) is 37.3 Å². The van der Waals surface area contributed by atoms with Crippen molar-refractivity contribution in [2.75, 3.05) is 20.1 Å². The predicted octanol–water partition coefficient (Wildman–Crippen LogP) is 4.20. The maximum atomic E-state index is 12.3. The highest BCUT2D eigenvalue weighted by Crippen LogP contribution is 2.20. The summed E-state index contributed by atoms with van der Waals surface area (Å²) in [6.07, 6.45) is 1.55. The fourth-order valence-electron chi connectivity index (χ4n) is 3.42. The Hall–Kier alpha value is -2.19. The first kappa shape index (κ1) is 21.5. The maximum Gasteiger partial charge on any atom is 0.410 e. The van der Waals surface area contributed by atoms with Crippen molar-refractivity contribution < 1.29 is 9.53 Å². The Morgan fingerprint density at radius 1 is 1.28 bits per heavy atom. The molecule has 1 aliphatic heterocycles. The van der Waals surface area contributed by atoms with Gasteiger partial charge in [0, 0.05) is 31.7 Å². The molecule has 8 heteroatoms. The number of H-pyrrole nitrogens is 1. The van der Waals surface area contributed by atoms with Crippen molar-refractivity contribution in [3.8, 4) is 11.4 Å². The zero-order valence-corrected chi connectivity index (χ0v) is 18.8. The minimum atomic E-state index is -0.474. The summed E-state index contributed by atoms with van der Waals surface area (Å²) in [5.41, 5.74) is 1.77. The van der Waals surface area contributed by atoms with Gasteiger partial charge in [-0.1, -0.05) is 29.8 Å². The molecule has 3 rings (SSSR count). The molecule has 1 saturated heterocycles. The molecule has 0 aliphatic carbocycles. The molecule has 0 unspecified atom stereocenters. The van der Waals surface area contributed by atoms with E-state index >= 15 is 0 Å². The van der Waals surface area contributed by atoms with Gasteiger partial charge < -0.3 is 9.64 Å². The number of likely N-dealkylation sites (tertiary alicyclic amines) is 1. The number of amides is 1. The number of carbonyl (C=O) groups is 1. The van der Waals surface area contributed by atoms with E-state index in [1.165, 1.54) is 5.56 Å². The molecular formula is C21H31N5O2S. The van der Waals surface area contributed by atoms with Gasteiger partial charge in [-0.05, 0) is 52.8 Å². The van der Waals surface area contributed by atoms with Crippen molar-refractivity contribution >= 4 is 18.3 Å². The van der Waals surface area contributed by atoms with Crippen LogP contribution in [0.25, 0.3) is 11.4 Å². The Bertz CT molecular complexity index is 889. The number of hydrogen-bond acceptors (Lipinski definition) is 5.